The number of likely N-dealkylation sites (tertiary alicyclic amines) is 1. The zero-order valence-corrected chi connectivity index (χ0v) is 30.7. The van der Waals surface area contributed by atoms with E-state index < -0.39 is 5.60 Å². The quantitative estimate of drug-likeness (QED) is 0.141. The van der Waals surface area contributed by atoms with Crippen LogP contribution in [0.15, 0.2) is 66.7 Å². The molecule has 50 heavy (non-hydrogen) atoms. The van der Waals surface area contributed by atoms with Crippen LogP contribution < -0.4 is 14.4 Å². The van der Waals surface area contributed by atoms with Gasteiger partial charge in [-0.15, -0.1) is 0 Å². The standard InChI is InChI=1S/C41H56N2O7/c1-41(2,3)50-40(44)43-23-20-36(32-16-18-35(19-17-32)48-26-10-25-47-30-34-11-6-7-13-38(34)46-5)39(28-43)49-29-31-14-15-33-12-8-21-42(37(33)27-31)22-9-24-45-4/h6-7,11,13-19,27,36,39H,8-10,12,20-26,28-30H2,1-5H3/t36-,39+/m1/s1. The molecule has 0 radical (unpaired) electrons. The molecule has 1 fully saturated rings. The molecule has 2 aliphatic heterocycles. The van der Waals surface area contributed by atoms with E-state index >= 15 is 0 Å². The maximum absolute atomic E-state index is 13.1. The number of hydrogen-bond acceptors (Lipinski definition) is 8. The predicted molar refractivity (Wildman–Crippen MR) is 196 cm³/mol. The highest BCUT2D eigenvalue weighted by atomic mass is 16.6. The molecule has 2 aliphatic rings. The molecule has 1 saturated heterocycles. The van der Waals surface area contributed by atoms with Gasteiger partial charge in [0.1, 0.15) is 17.1 Å². The Balaban J connectivity index is 1.19. The highest BCUT2D eigenvalue weighted by Crippen LogP contribution is 2.34. The molecule has 9 heteroatoms. The Bertz CT molecular complexity index is 1490. The van der Waals surface area contributed by atoms with Gasteiger partial charge in [-0.25, -0.2) is 4.79 Å². The van der Waals surface area contributed by atoms with Crippen LogP contribution in [0.1, 0.15) is 74.6 Å². The minimum atomic E-state index is -0.556. The van der Waals surface area contributed by atoms with E-state index in [1.165, 1.54) is 23.2 Å². The largest absolute Gasteiger partial charge is 0.496 e. The third-order valence-corrected chi connectivity index (χ3v) is 9.28. The van der Waals surface area contributed by atoms with Gasteiger partial charge in [-0.05, 0) is 87.4 Å². The van der Waals surface area contributed by atoms with Crippen LogP contribution in [0.5, 0.6) is 11.5 Å². The summed E-state index contributed by atoms with van der Waals surface area (Å²) in [5.74, 6) is 1.80. The number of piperidine rings is 1. The highest BCUT2D eigenvalue weighted by molar-refractivity contribution is 5.68. The first-order chi connectivity index (χ1) is 24.2. The summed E-state index contributed by atoms with van der Waals surface area (Å²) in [5.41, 5.74) is 5.51. The number of nitrogens with zero attached hydrogens (tertiary/aromatic N) is 2. The smallest absolute Gasteiger partial charge is 0.410 e. The fourth-order valence-corrected chi connectivity index (χ4v) is 6.75. The van der Waals surface area contributed by atoms with Gasteiger partial charge in [0.05, 0.1) is 46.2 Å². The Morgan fingerprint density at radius 1 is 0.900 bits per heavy atom. The lowest BCUT2D eigenvalue weighted by Gasteiger charge is -2.39. The number of fused-ring (bicyclic) bond motifs is 1. The van der Waals surface area contributed by atoms with Crippen LogP contribution in [0.3, 0.4) is 0 Å². The minimum Gasteiger partial charge on any atom is -0.496 e. The van der Waals surface area contributed by atoms with Crippen molar-refractivity contribution in [3.63, 3.8) is 0 Å². The summed E-state index contributed by atoms with van der Waals surface area (Å²) < 4.78 is 35.1. The lowest BCUT2D eigenvalue weighted by molar-refractivity contribution is -0.0359. The fourth-order valence-electron chi connectivity index (χ4n) is 6.75. The van der Waals surface area contributed by atoms with E-state index in [1.54, 1.807) is 19.1 Å². The van der Waals surface area contributed by atoms with E-state index in [0.29, 0.717) is 39.5 Å². The molecule has 2 atom stereocenters. The molecule has 0 N–H and O–H groups in total. The monoisotopic (exact) mass is 688 g/mol. The zero-order valence-electron chi connectivity index (χ0n) is 30.7. The van der Waals surface area contributed by atoms with Crippen LogP contribution in [0.4, 0.5) is 10.5 Å². The lowest BCUT2D eigenvalue weighted by atomic mass is 9.87. The van der Waals surface area contributed by atoms with Crippen LogP contribution >= 0.6 is 0 Å². The summed E-state index contributed by atoms with van der Waals surface area (Å²) in [6, 6.07) is 23.0. The molecule has 0 aromatic heterocycles. The van der Waals surface area contributed by atoms with Gasteiger partial charge in [-0.1, -0.05) is 42.5 Å². The number of rotatable bonds is 16. The van der Waals surface area contributed by atoms with E-state index in [-0.39, 0.29) is 18.1 Å². The zero-order chi connectivity index (χ0) is 35.3. The van der Waals surface area contributed by atoms with E-state index in [0.717, 1.165) is 68.0 Å². The number of anilines is 1. The van der Waals surface area contributed by atoms with Crippen LogP contribution in [0.25, 0.3) is 0 Å². The van der Waals surface area contributed by atoms with Gasteiger partial charge in [0.15, 0.2) is 0 Å². The Kier molecular flexibility index (Phi) is 13.8. The van der Waals surface area contributed by atoms with Crippen molar-refractivity contribution in [2.45, 2.75) is 83.7 Å². The van der Waals surface area contributed by atoms with Gasteiger partial charge in [-0.3, -0.25) is 0 Å². The minimum absolute atomic E-state index is 0.134. The Morgan fingerprint density at radius 2 is 1.72 bits per heavy atom. The number of methoxy groups -OCH3 is 2. The number of para-hydroxylation sites is 1. The molecule has 3 aromatic rings. The molecule has 0 bridgehead atoms. The van der Waals surface area contributed by atoms with Crippen molar-refractivity contribution < 1.29 is 33.2 Å². The van der Waals surface area contributed by atoms with Crippen molar-refractivity contribution in [2.24, 2.45) is 0 Å². The summed E-state index contributed by atoms with van der Waals surface area (Å²) in [4.78, 5) is 17.4. The third-order valence-electron chi connectivity index (χ3n) is 9.28. The van der Waals surface area contributed by atoms with Crippen LogP contribution in [0, 0.1) is 0 Å². The van der Waals surface area contributed by atoms with E-state index in [9.17, 15) is 4.79 Å². The maximum Gasteiger partial charge on any atom is 0.410 e. The fraction of sp³-hybridized carbons (Fsp3) is 0.537. The van der Waals surface area contributed by atoms with E-state index in [2.05, 4.69) is 35.2 Å². The van der Waals surface area contributed by atoms with Gasteiger partial charge >= 0.3 is 6.09 Å². The topological polar surface area (TPSA) is 78.9 Å². The van der Waals surface area contributed by atoms with E-state index in [4.69, 9.17) is 28.4 Å². The van der Waals surface area contributed by atoms with Gasteiger partial charge in [-0.2, -0.15) is 0 Å². The van der Waals surface area contributed by atoms with Crippen molar-refractivity contribution in [3.8, 4) is 11.5 Å². The summed E-state index contributed by atoms with van der Waals surface area (Å²) >= 11 is 0. The van der Waals surface area contributed by atoms with E-state index in [1.807, 2.05) is 57.2 Å². The molecule has 1 amide bonds. The maximum atomic E-state index is 13.1. The number of carbonyl (C=O) groups excluding carboxylic acids is 1. The number of carbonyl (C=O) groups is 1. The first kappa shape index (κ1) is 37.5. The molecular weight excluding hydrogens is 632 g/mol. The number of aryl methyl sites for hydroxylation is 1. The molecule has 0 unspecified atom stereocenters. The van der Waals surface area contributed by atoms with Gasteiger partial charge in [0.25, 0.3) is 0 Å². The summed E-state index contributed by atoms with van der Waals surface area (Å²) in [6.07, 6.45) is 4.37. The average Bonchev–Trinajstić information content (AvgIpc) is 3.12. The van der Waals surface area contributed by atoms with Crippen LogP contribution in [0.2, 0.25) is 0 Å². The summed E-state index contributed by atoms with van der Waals surface area (Å²) in [5, 5.41) is 0. The van der Waals surface area contributed by atoms with Gasteiger partial charge < -0.3 is 38.2 Å². The second kappa shape index (κ2) is 18.4. The number of benzene rings is 3. The van der Waals surface area contributed by atoms with Crippen LogP contribution in [-0.2, 0) is 38.6 Å². The first-order valence-corrected chi connectivity index (χ1v) is 18.1. The first-order valence-electron chi connectivity index (χ1n) is 18.1. The predicted octanol–water partition coefficient (Wildman–Crippen LogP) is 7.78. The second-order valence-electron chi connectivity index (χ2n) is 14.2. The average molecular weight is 689 g/mol. The summed E-state index contributed by atoms with van der Waals surface area (Å²) in [6.45, 7) is 11.7. The van der Waals surface area contributed by atoms with Gasteiger partial charge in [0.2, 0.25) is 0 Å². The number of hydrogen-bond donors (Lipinski definition) is 0. The Labute approximate surface area is 298 Å². The van der Waals surface area contributed by atoms with Crippen molar-refractivity contribution in [3.05, 3.63) is 89.0 Å². The molecule has 0 spiro atoms. The number of ether oxygens (including phenoxy) is 6. The normalized spacial score (nSPS) is 17.7. The molecule has 0 saturated carbocycles. The Morgan fingerprint density at radius 3 is 2.50 bits per heavy atom. The molecular formula is C41H56N2O7. The number of amides is 1. The van der Waals surface area contributed by atoms with Crippen LogP contribution in [-0.4, -0.2) is 82.9 Å². The molecule has 3 aromatic carbocycles. The summed E-state index contributed by atoms with van der Waals surface area (Å²) in [7, 11) is 3.43. The third kappa shape index (κ3) is 10.9. The molecule has 0 aliphatic carbocycles. The van der Waals surface area contributed by atoms with Crippen molar-refractivity contribution in [1.29, 1.82) is 0 Å². The molecule has 272 valence electrons. The SMILES string of the molecule is COCCCN1CCCc2ccc(CO[C@H]3CN(C(=O)OC(C)(C)C)CC[C@@H]3c3ccc(OCCCOCc4ccccc4OC)cc3)cc21. The molecule has 5 rings (SSSR count). The van der Waals surface area contributed by atoms with Crippen molar-refractivity contribution in [1.82, 2.24) is 4.90 Å². The molecule has 2 heterocycles. The van der Waals surface area contributed by atoms with Crippen molar-refractivity contribution >= 4 is 11.8 Å². The highest BCUT2D eigenvalue weighted by Gasteiger charge is 2.35. The lowest BCUT2D eigenvalue weighted by Crippen LogP contribution is -2.48. The molecule has 9 nitrogen and oxygen atoms in total. The van der Waals surface area contributed by atoms with Crippen molar-refractivity contribution in [2.75, 3.05) is 65.1 Å². The second-order valence-corrected chi connectivity index (χ2v) is 14.2. The van der Waals surface area contributed by atoms with Gasteiger partial charge in [0, 0.05) is 56.9 Å². The Hall–Kier alpha value is -3.79.